The third-order valence-electron chi connectivity index (χ3n) is 2.23. The highest BCUT2D eigenvalue weighted by Crippen LogP contribution is 2.32. The molecule has 0 saturated heterocycles. The normalized spacial score (nSPS) is 13.6. The van der Waals surface area contributed by atoms with E-state index in [4.69, 9.17) is 22.1 Å². The molecule has 0 radical (unpaired) electrons. The van der Waals surface area contributed by atoms with E-state index >= 15 is 0 Å². The number of carbonyl (C=O) groups is 1. The number of hydrogen-bond donors (Lipinski definition) is 1. The van der Waals surface area contributed by atoms with Gasteiger partial charge >= 0.3 is 0 Å². The van der Waals surface area contributed by atoms with Gasteiger partial charge in [0.05, 0.1) is 18.7 Å². The number of carbonyl (C=O) groups excluding carboxylic acids is 1. The Hall–Kier alpha value is -1.06. The molecule has 0 aliphatic carbocycles. The second-order valence-electron chi connectivity index (χ2n) is 3.17. The smallest absolute Gasteiger partial charge is 0.180 e. The molecule has 2 N–H and O–H groups in total. The number of Topliss-reactive ketones (excluding diaryl/α,β-unsaturated/α-hetero) is 1. The van der Waals surface area contributed by atoms with E-state index in [0.717, 1.165) is 12.0 Å². The third kappa shape index (κ3) is 1.49. The Kier molecular flexibility index (Phi) is 2.44. The molecule has 0 aromatic heterocycles. The number of ether oxygens (including phenoxy) is 1. The topological polar surface area (TPSA) is 52.3 Å². The fourth-order valence-electron chi connectivity index (χ4n) is 1.59. The van der Waals surface area contributed by atoms with Gasteiger partial charge in [-0.25, -0.2) is 0 Å². The van der Waals surface area contributed by atoms with E-state index in [1.807, 2.05) is 6.07 Å². The van der Waals surface area contributed by atoms with Gasteiger partial charge in [0.15, 0.2) is 5.78 Å². The van der Waals surface area contributed by atoms with Crippen molar-refractivity contribution in [2.75, 3.05) is 13.2 Å². The van der Waals surface area contributed by atoms with Crippen LogP contribution in [-0.2, 0) is 6.42 Å². The molecule has 2 rings (SSSR count). The Balaban J connectivity index is 2.54. The van der Waals surface area contributed by atoms with Gasteiger partial charge in [0.25, 0.3) is 0 Å². The maximum absolute atomic E-state index is 11.5. The molecule has 4 heteroatoms. The van der Waals surface area contributed by atoms with E-state index in [9.17, 15) is 4.79 Å². The summed E-state index contributed by atoms with van der Waals surface area (Å²) in [6, 6.07) is 3.44. The van der Waals surface area contributed by atoms with Gasteiger partial charge < -0.3 is 10.5 Å². The largest absolute Gasteiger partial charge is 0.492 e. The Bertz CT molecular complexity index is 390. The lowest BCUT2D eigenvalue weighted by Gasteiger charge is -2.06. The quantitative estimate of drug-likeness (QED) is 0.753. The van der Waals surface area contributed by atoms with Gasteiger partial charge in [0.2, 0.25) is 0 Å². The summed E-state index contributed by atoms with van der Waals surface area (Å²) in [4.78, 5) is 11.5. The van der Waals surface area contributed by atoms with Crippen LogP contribution >= 0.6 is 11.6 Å². The van der Waals surface area contributed by atoms with Crippen molar-refractivity contribution in [2.45, 2.75) is 6.42 Å². The number of fused-ring (bicyclic) bond motifs is 1. The van der Waals surface area contributed by atoms with Crippen LogP contribution in [0.25, 0.3) is 0 Å². The van der Waals surface area contributed by atoms with Gasteiger partial charge in [-0.1, -0.05) is 11.6 Å². The molecule has 1 heterocycles. The van der Waals surface area contributed by atoms with Crippen LogP contribution < -0.4 is 10.5 Å². The van der Waals surface area contributed by atoms with Gasteiger partial charge in [-0.3, -0.25) is 4.79 Å². The van der Waals surface area contributed by atoms with Gasteiger partial charge in [-0.15, -0.1) is 0 Å². The lowest BCUT2D eigenvalue weighted by atomic mass is 10.0. The van der Waals surface area contributed by atoms with Gasteiger partial charge in [-0.05, 0) is 17.7 Å². The predicted molar refractivity (Wildman–Crippen MR) is 54.0 cm³/mol. The first-order valence-electron chi connectivity index (χ1n) is 4.41. The molecule has 1 aromatic carbocycles. The SMILES string of the molecule is NCC(=O)c1cc(Cl)cc2c1OCC2. The lowest BCUT2D eigenvalue weighted by molar-refractivity contribution is 0.0998. The van der Waals surface area contributed by atoms with E-state index in [2.05, 4.69) is 0 Å². The van der Waals surface area contributed by atoms with Crippen molar-refractivity contribution in [3.05, 3.63) is 28.3 Å². The minimum absolute atomic E-state index is 0.0177. The van der Waals surface area contributed by atoms with Crippen LogP contribution in [-0.4, -0.2) is 18.9 Å². The van der Waals surface area contributed by atoms with Crippen molar-refractivity contribution in [3.63, 3.8) is 0 Å². The van der Waals surface area contributed by atoms with Crippen molar-refractivity contribution >= 4 is 17.4 Å². The van der Waals surface area contributed by atoms with Crippen LogP contribution in [0.5, 0.6) is 5.75 Å². The maximum atomic E-state index is 11.5. The molecule has 74 valence electrons. The zero-order valence-electron chi connectivity index (χ0n) is 7.55. The first kappa shape index (κ1) is 9.49. The first-order valence-corrected chi connectivity index (χ1v) is 4.78. The van der Waals surface area contributed by atoms with Crippen LogP contribution in [0.3, 0.4) is 0 Å². The summed E-state index contributed by atoms with van der Waals surface area (Å²) in [6.07, 6.45) is 0.806. The van der Waals surface area contributed by atoms with E-state index in [0.29, 0.717) is 22.9 Å². The fraction of sp³-hybridized carbons (Fsp3) is 0.300. The van der Waals surface area contributed by atoms with Crippen molar-refractivity contribution < 1.29 is 9.53 Å². The molecular weight excluding hydrogens is 202 g/mol. The second kappa shape index (κ2) is 3.59. The van der Waals surface area contributed by atoms with E-state index < -0.39 is 0 Å². The van der Waals surface area contributed by atoms with Crippen molar-refractivity contribution in [2.24, 2.45) is 5.73 Å². The molecule has 1 aromatic rings. The summed E-state index contributed by atoms with van der Waals surface area (Å²) >= 11 is 5.88. The number of ketones is 1. The molecule has 1 aliphatic heterocycles. The highest BCUT2D eigenvalue weighted by Gasteiger charge is 2.20. The maximum Gasteiger partial charge on any atom is 0.180 e. The zero-order valence-corrected chi connectivity index (χ0v) is 8.30. The van der Waals surface area contributed by atoms with Gasteiger partial charge in [0.1, 0.15) is 5.75 Å². The summed E-state index contributed by atoms with van der Waals surface area (Å²) in [5.74, 6) is 0.524. The van der Waals surface area contributed by atoms with Crippen LogP contribution in [0.15, 0.2) is 12.1 Å². The molecule has 14 heavy (non-hydrogen) atoms. The average molecular weight is 212 g/mol. The van der Waals surface area contributed by atoms with E-state index in [-0.39, 0.29) is 12.3 Å². The Morgan fingerprint density at radius 1 is 1.57 bits per heavy atom. The van der Waals surface area contributed by atoms with Gasteiger partial charge in [0, 0.05) is 11.4 Å². The minimum atomic E-state index is -0.134. The lowest BCUT2D eigenvalue weighted by Crippen LogP contribution is -2.14. The molecular formula is C10H10ClNO2. The van der Waals surface area contributed by atoms with Crippen LogP contribution in [0.2, 0.25) is 5.02 Å². The fourth-order valence-corrected chi connectivity index (χ4v) is 1.83. The number of rotatable bonds is 2. The Morgan fingerprint density at radius 2 is 2.36 bits per heavy atom. The number of hydrogen-bond acceptors (Lipinski definition) is 3. The summed E-state index contributed by atoms with van der Waals surface area (Å²) in [5.41, 5.74) is 6.80. The van der Waals surface area contributed by atoms with Crippen molar-refractivity contribution in [3.8, 4) is 5.75 Å². The molecule has 0 spiro atoms. The molecule has 3 nitrogen and oxygen atoms in total. The first-order chi connectivity index (χ1) is 6.72. The minimum Gasteiger partial charge on any atom is -0.492 e. The Morgan fingerprint density at radius 3 is 3.07 bits per heavy atom. The summed E-state index contributed by atoms with van der Waals surface area (Å²) in [5, 5.41) is 0.561. The summed E-state index contributed by atoms with van der Waals surface area (Å²) in [6.45, 7) is 0.594. The van der Waals surface area contributed by atoms with Crippen LogP contribution in [0.4, 0.5) is 0 Å². The number of halogens is 1. The van der Waals surface area contributed by atoms with Crippen molar-refractivity contribution in [1.82, 2.24) is 0 Å². The predicted octanol–water partition coefficient (Wildman–Crippen LogP) is 1.42. The molecule has 0 unspecified atom stereocenters. The molecule has 0 amide bonds. The highest BCUT2D eigenvalue weighted by molar-refractivity contribution is 6.31. The molecule has 0 atom stereocenters. The second-order valence-corrected chi connectivity index (χ2v) is 3.60. The van der Waals surface area contributed by atoms with E-state index in [1.165, 1.54) is 0 Å². The monoisotopic (exact) mass is 211 g/mol. The van der Waals surface area contributed by atoms with Crippen LogP contribution in [0, 0.1) is 0 Å². The molecule has 0 saturated carbocycles. The molecule has 0 fully saturated rings. The highest BCUT2D eigenvalue weighted by atomic mass is 35.5. The third-order valence-corrected chi connectivity index (χ3v) is 2.45. The van der Waals surface area contributed by atoms with Gasteiger partial charge in [-0.2, -0.15) is 0 Å². The zero-order chi connectivity index (χ0) is 10.1. The van der Waals surface area contributed by atoms with E-state index in [1.54, 1.807) is 6.07 Å². The average Bonchev–Trinajstić information content (AvgIpc) is 2.62. The summed E-state index contributed by atoms with van der Waals surface area (Å²) < 4.78 is 5.37. The Labute approximate surface area is 86.8 Å². The van der Waals surface area contributed by atoms with Crippen molar-refractivity contribution in [1.29, 1.82) is 0 Å². The number of benzene rings is 1. The molecule has 1 aliphatic rings. The standard InChI is InChI=1S/C10H10ClNO2/c11-7-3-6-1-2-14-10(6)8(4-7)9(13)5-12/h3-4H,1-2,5,12H2. The summed E-state index contributed by atoms with van der Waals surface area (Å²) in [7, 11) is 0. The number of nitrogens with two attached hydrogens (primary N) is 1. The van der Waals surface area contributed by atoms with Crippen LogP contribution in [0.1, 0.15) is 15.9 Å². The molecule has 0 bridgehead atoms.